The Morgan fingerprint density at radius 1 is 1.28 bits per heavy atom. The molecule has 0 unspecified atom stereocenters. The van der Waals surface area contributed by atoms with Crippen LogP contribution in [-0.2, 0) is 10.0 Å². The fourth-order valence-corrected chi connectivity index (χ4v) is 3.42. The first-order valence-electron chi connectivity index (χ1n) is 5.65. The van der Waals surface area contributed by atoms with Crippen molar-refractivity contribution in [2.75, 3.05) is 13.1 Å². The van der Waals surface area contributed by atoms with Crippen LogP contribution in [-0.4, -0.2) is 25.8 Å². The summed E-state index contributed by atoms with van der Waals surface area (Å²) in [5.41, 5.74) is 0. The van der Waals surface area contributed by atoms with Crippen molar-refractivity contribution in [2.24, 2.45) is 0 Å². The predicted molar refractivity (Wildman–Crippen MR) is 78.4 cm³/mol. The minimum absolute atomic E-state index is 0.212. The largest absolute Gasteiger partial charge is 0.243 e. The van der Waals surface area contributed by atoms with E-state index >= 15 is 0 Å². The van der Waals surface area contributed by atoms with Crippen molar-refractivity contribution in [3.63, 3.8) is 0 Å². The summed E-state index contributed by atoms with van der Waals surface area (Å²) in [6.07, 6.45) is 0.943. The smallest absolute Gasteiger partial charge is 0.207 e. The molecule has 98 valence electrons. The van der Waals surface area contributed by atoms with Gasteiger partial charge < -0.3 is 0 Å². The summed E-state index contributed by atoms with van der Waals surface area (Å²) in [6, 6.07) is 8.72. The molecule has 6 heteroatoms. The van der Waals surface area contributed by atoms with E-state index in [0.717, 1.165) is 9.99 Å². The summed E-state index contributed by atoms with van der Waals surface area (Å²) in [5.74, 6) is 0. The molecular formula is C12H15IN2O2S. The van der Waals surface area contributed by atoms with E-state index in [1.807, 2.05) is 13.0 Å². The highest BCUT2D eigenvalue weighted by atomic mass is 127. The molecule has 0 radical (unpaired) electrons. The van der Waals surface area contributed by atoms with Crippen LogP contribution in [0.25, 0.3) is 0 Å². The lowest BCUT2D eigenvalue weighted by molar-refractivity contribution is 0.417. The lowest BCUT2D eigenvalue weighted by Crippen LogP contribution is -2.32. The van der Waals surface area contributed by atoms with E-state index in [1.54, 1.807) is 24.3 Å². The highest BCUT2D eigenvalue weighted by Crippen LogP contribution is 2.17. The Labute approximate surface area is 122 Å². The quantitative estimate of drug-likeness (QED) is 0.715. The minimum Gasteiger partial charge on any atom is -0.207 e. The van der Waals surface area contributed by atoms with Crippen molar-refractivity contribution in [1.29, 1.82) is 5.26 Å². The van der Waals surface area contributed by atoms with Gasteiger partial charge in [0.05, 0.1) is 11.0 Å². The molecule has 1 aromatic carbocycles. The Morgan fingerprint density at radius 3 is 2.39 bits per heavy atom. The third kappa shape index (κ3) is 3.93. The molecule has 0 fully saturated rings. The fraction of sp³-hybridized carbons (Fsp3) is 0.417. The van der Waals surface area contributed by atoms with E-state index in [0.29, 0.717) is 6.54 Å². The molecule has 0 aliphatic heterocycles. The molecule has 0 amide bonds. The van der Waals surface area contributed by atoms with Crippen LogP contribution in [0.15, 0.2) is 29.2 Å². The molecule has 0 N–H and O–H groups in total. The molecule has 0 heterocycles. The molecule has 1 rings (SSSR count). The molecule has 0 spiro atoms. The van der Waals surface area contributed by atoms with E-state index in [4.69, 9.17) is 5.26 Å². The first-order valence-corrected chi connectivity index (χ1v) is 8.17. The molecule has 0 aliphatic carbocycles. The second-order valence-corrected chi connectivity index (χ2v) is 6.95. The number of hydrogen-bond acceptors (Lipinski definition) is 3. The summed E-state index contributed by atoms with van der Waals surface area (Å²) in [4.78, 5) is 0.286. The van der Waals surface area contributed by atoms with Gasteiger partial charge in [-0.2, -0.15) is 9.57 Å². The van der Waals surface area contributed by atoms with Crippen LogP contribution in [0.1, 0.15) is 19.8 Å². The van der Waals surface area contributed by atoms with Crippen molar-refractivity contribution in [1.82, 2.24) is 4.31 Å². The summed E-state index contributed by atoms with van der Waals surface area (Å²) >= 11 is 2.13. The lowest BCUT2D eigenvalue weighted by Gasteiger charge is -2.20. The zero-order valence-corrected chi connectivity index (χ0v) is 13.1. The van der Waals surface area contributed by atoms with E-state index in [-0.39, 0.29) is 17.9 Å². The maximum Gasteiger partial charge on any atom is 0.243 e. The zero-order valence-electron chi connectivity index (χ0n) is 10.1. The van der Waals surface area contributed by atoms with Crippen molar-refractivity contribution in [2.45, 2.75) is 24.7 Å². The van der Waals surface area contributed by atoms with Gasteiger partial charge in [-0.3, -0.25) is 0 Å². The van der Waals surface area contributed by atoms with Crippen LogP contribution in [0.4, 0.5) is 0 Å². The Hall–Kier alpha value is -0.650. The number of sulfonamides is 1. The van der Waals surface area contributed by atoms with Crippen molar-refractivity contribution in [3.8, 4) is 6.07 Å². The van der Waals surface area contributed by atoms with Crippen LogP contribution in [0.2, 0.25) is 0 Å². The molecule has 0 aromatic heterocycles. The van der Waals surface area contributed by atoms with Gasteiger partial charge in [0.1, 0.15) is 0 Å². The lowest BCUT2D eigenvalue weighted by atomic mass is 10.4. The van der Waals surface area contributed by atoms with Gasteiger partial charge in [0, 0.05) is 23.1 Å². The number of nitriles is 1. The fourth-order valence-electron chi connectivity index (χ4n) is 1.53. The Bertz CT molecular complexity index is 520. The van der Waals surface area contributed by atoms with Gasteiger partial charge in [-0.1, -0.05) is 6.92 Å². The SMILES string of the molecule is CCCN(CCC#N)S(=O)(=O)c1ccc(I)cc1. The van der Waals surface area contributed by atoms with Crippen LogP contribution in [0.5, 0.6) is 0 Å². The molecule has 1 aromatic rings. The van der Waals surface area contributed by atoms with Crippen molar-refractivity contribution in [3.05, 3.63) is 27.8 Å². The Balaban J connectivity index is 3.01. The average Bonchev–Trinajstić information content (AvgIpc) is 2.35. The molecule has 0 atom stereocenters. The summed E-state index contributed by atoms with van der Waals surface area (Å²) in [6.45, 7) is 2.61. The Kier molecular flexibility index (Phi) is 6.05. The minimum atomic E-state index is -3.47. The molecule has 0 saturated heterocycles. The zero-order chi connectivity index (χ0) is 13.6. The second kappa shape index (κ2) is 7.07. The number of halogens is 1. The van der Waals surface area contributed by atoms with E-state index in [2.05, 4.69) is 22.6 Å². The predicted octanol–water partition coefficient (Wildman–Crippen LogP) is 2.61. The maximum absolute atomic E-state index is 12.4. The van der Waals surface area contributed by atoms with Crippen LogP contribution in [0, 0.1) is 14.9 Å². The normalized spacial score (nSPS) is 11.4. The van der Waals surface area contributed by atoms with Gasteiger partial charge in [0.2, 0.25) is 10.0 Å². The van der Waals surface area contributed by atoms with Gasteiger partial charge in [0.25, 0.3) is 0 Å². The first-order chi connectivity index (χ1) is 8.52. The third-order valence-electron chi connectivity index (χ3n) is 2.40. The molecule has 4 nitrogen and oxygen atoms in total. The highest BCUT2D eigenvalue weighted by Gasteiger charge is 2.22. The monoisotopic (exact) mass is 378 g/mol. The molecular weight excluding hydrogens is 363 g/mol. The molecule has 0 bridgehead atoms. The number of rotatable bonds is 6. The summed E-state index contributed by atoms with van der Waals surface area (Å²) in [5, 5.41) is 8.58. The summed E-state index contributed by atoms with van der Waals surface area (Å²) < 4.78 is 27.1. The van der Waals surface area contributed by atoms with Crippen molar-refractivity contribution >= 4 is 32.6 Å². The van der Waals surface area contributed by atoms with Crippen LogP contribution >= 0.6 is 22.6 Å². The van der Waals surface area contributed by atoms with E-state index < -0.39 is 10.0 Å². The highest BCUT2D eigenvalue weighted by molar-refractivity contribution is 14.1. The third-order valence-corrected chi connectivity index (χ3v) is 5.03. The second-order valence-electron chi connectivity index (χ2n) is 3.77. The number of nitrogens with zero attached hydrogens (tertiary/aromatic N) is 2. The van der Waals surface area contributed by atoms with E-state index in [9.17, 15) is 8.42 Å². The van der Waals surface area contributed by atoms with Gasteiger partial charge in [-0.05, 0) is 53.3 Å². The average molecular weight is 378 g/mol. The topological polar surface area (TPSA) is 61.2 Å². The van der Waals surface area contributed by atoms with Crippen LogP contribution < -0.4 is 0 Å². The van der Waals surface area contributed by atoms with Gasteiger partial charge >= 0.3 is 0 Å². The summed E-state index contributed by atoms with van der Waals surface area (Å²) in [7, 11) is -3.47. The van der Waals surface area contributed by atoms with E-state index in [1.165, 1.54) is 4.31 Å². The van der Waals surface area contributed by atoms with Gasteiger partial charge in [-0.15, -0.1) is 0 Å². The number of hydrogen-bond donors (Lipinski definition) is 0. The first kappa shape index (κ1) is 15.4. The molecule has 18 heavy (non-hydrogen) atoms. The standard InChI is InChI=1S/C12H15IN2O2S/c1-2-9-15(10-3-8-14)18(16,17)12-6-4-11(13)5-7-12/h4-7H,2-3,9-10H2,1H3. The maximum atomic E-state index is 12.4. The van der Waals surface area contributed by atoms with Gasteiger partial charge in [-0.25, -0.2) is 8.42 Å². The van der Waals surface area contributed by atoms with Gasteiger partial charge in [0.15, 0.2) is 0 Å². The molecule has 0 saturated carbocycles. The number of benzene rings is 1. The van der Waals surface area contributed by atoms with Crippen molar-refractivity contribution < 1.29 is 8.42 Å². The molecule has 0 aliphatic rings. The Morgan fingerprint density at radius 2 is 1.89 bits per heavy atom. The van der Waals surface area contributed by atoms with Crippen LogP contribution in [0.3, 0.4) is 0 Å².